The fourth-order valence-electron chi connectivity index (χ4n) is 1.83. The van der Waals surface area contributed by atoms with Gasteiger partial charge in [0, 0.05) is 17.3 Å². The Kier molecular flexibility index (Phi) is 6.45. The number of nitrogens with zero attached hydrogens (tertiary/aromatic N) is 1. The lowest BCUT2D eigenvalue weighted by molar-refractivity contribution is -0.117. The minimum absolute atomic E-state index is 0.305. The zero-order valence-corrected chi connectivity index (χ0v) is 11.9. The van der Waals surface area contributed by atoms with Gasteiger partial charge in [-0.05, 0) is 58.1 Å². The van der Waals surface area contributed by atoms with Crippen LogP contribution in [0.5, 0.6) is 0 Å². The topological polar surface area (TPSA) is 20.3 Å². The van der Waals surface area contributed by atoms with Crippen LogP contribution in [0.25, 0.3) is 0 Å². The van der Waals surface area contributed by atoms with Gasteiger partial charge >= 0.3 is 0 Å². The molecule has 0 aliphatic rings. The number of carbonyl (C=O) groups is 1. The van der Waals surface area contributed by atoms with E-state index in [-0.39, 0.29) is 0 Å². The van der Waals surface area contributed by atoms with Crippen LogP contribution < -0.4 is 0 Å². The number of hydrogen-bond acceptors (Lipinski definition) is 3. The van der Waals surface area contributed by atoms with Crippen LogP contribution in [0.1, 0.15) is 38.0 Å². The van der Waals surface area contributed by atoms with Gasteiger partial charge < -0.3 is 9.69 Å². The largest absolute Gasteiger partial charge is 0.303 e. The second-order valence-corrected chi connectivity index (χ2v) is 5.80. The molecule has 2 nitrogen and oxygen atoms in total. The molecule has 0 amide bonds. The summed E-state index contributed by atoms with van der Waals surface area (Å²) >= 11 is 1.83. The Labute approximate surface area is 109 Å². The summed E-state index contributed by atoms with van der Waals surface area (Å²) < 4.78 is 0. The van der Waals surface area contributed by atoms with E-state index in [2.05, 4.69) is 36.4 Å². The molecular weight excluding hydrogens is 230 g/mol. The van der Waals surface area contributed by atoms with E-state index in [1.807, 2.05) is 11.3 Å². The molecule has 3 heteroatoms. The van der Waals surface area contributed by atoms with E-state index in [1.165, 1.54) is 4.88 Å². The number of carbonyl (C=O) groups excluding carboxylic acids is 1. The monoisotopic (exact) mass is 253 g/mol. The van der Waals surface area contributed by atoms with E-state index in [0.717, 1.165) is 32.2 Å². The number of thiophene rings is 1. The summed E-state index contributed by atoms with van der Waals surface area (Å²) in [5.41, 5.74) is 0. The Morgan fingerprint density at radius 2 is 2.24 bits per heavy atom. The van der Waals surface area contributed by atoms with Crippen molar-refractivity contribution in [3.63, 3.8) is 0 Å². The third kappa shape index (κ3) is 5.99. The zero-order valence-electron chi connectivity index (χ0n) is 11.1. The van der Waals surface area contributed by atoms with Gasteiger partial charge in [0.25, 0.3) is 0 Å². The summed E-state index contributed by atoms with van der Waals surface area (Å²) in [5.74, 6) is 0.305. The minimum Gasteiger partial charge on any atom is -0.303 e. The highest BCUT2D eigenvalue weighted by atomic mass is 32.1. The van der Waals surface area contributed by atoms with Gasteiger partial charge in [-0.1, -0.05) is 6.07 Å². The average Bonchev–Trinajstić information content (AvgIpc) is 2.76. The molecule has 0 saturated heterocycles. The molecule has 1 rings (SSSR count). The van der Waals surface area contributed by atoms with E-state index in [4.69, 9.17) is 0 Å². The highest BCUT2D eigenvalue weighted by Gasteiger charge is 2.10. The second kappa shape index (κ2) is 7.62. The van der Waals surface area contributed by atoms with Crippen LogP contribution in [0.2, 0.25) is 0 Å². The van der Waals surface area contributed by atoms with Crippen molar-refractivity contribution in [2.45, 2.75) is 45.6 Å². The van der Waals surface area contributed by atoms with Crippen molar-refractivity contribution < 1.29 is 4.79 Å². The predicted molar refractivity (Wildman–Crippen MR) is 74.6 cm³/mol. The molecule has 96 valence electrons. The molecule has 17 heavy (non-hydrogen) atoms. The molecule has 0 saturated carbocycles. The average molecular weight is 253 g/mol. The molecule has 0 N–H and O–H groups in total. The van der Waals surface area contributed by atoms with Crippen molar-refractivity contribution in [1.82, 2.24) is 4.90 Å². The maximum absolute atomic E-state index is 10.8. The van der Waals surface area contributed by atoms with Crippen molar-refractivity contribution >= 4 is 17.1 Å². The molecule has 0 aromatic carbocycles. The molecular formula is C14H23NOS. The highest BCUT2D eigenvalue weighted by molar-refractivity contribution is 7.09. The van der Waals surface area contributed by atoms with Crippen LogP contribution in [0.15, 0.2) is 17.5 Å². The molecule has 0 fully saturated rings. The van der Waals surface area contributed by atoms with Crippen molar-refractivity contribution in [1.29, 1.82) is 0 Å². The van der Waals surface area contributed by atoms with Crippen LogP contribution in [-0.2, 0) is 11.2 Å². The molecule has 0 radical (unpaired) electrons. The quantitative estimate of drug-likeness (QED) is 0.662. The van der Waals surface area contributed by atoms with Crippen LogP contribution in [-0.4, -0.2) is 30.3 Å². The van der Waals surface area contributed by atoms with Gasteiger partial charge in [-0.15, -0.1) is 11.3 Å². The minimum atomic E-state index is 0.305. The number of Topliss-reactive ketones (excluding diaryl/α,β-unsaturated/α-hetero) is 1. The lowest BCUT2D eigenvalue weighted by Gasteiger charge is -2.24. The predicted octanol–water partition coefficient (Wildman–Crippen LogP) is 3.37. The van der Waals surface area contributed by atoms with Crippen molar-refractivity contribution in [2.24, 2.45) is 0 Å². The molecule has 0 bridgehead atoms. The Morgan fingerprint density at radius 1 is 1.47 bits per heavy atom. The molecule has 1 aromatic heterocycles. The lowest BCUT2D eigenvalue weighted by Crippen LogP contribution is -2.31. The van der Waals surface area contributed by atoms with Gasteiger partial charge in [0.05, 0.1) is 0 Å². The first kappa shape index (κ1) is 14.4. The first-order chi connectivity index (χ1) is 8.09. The first-order valence-corrected chi connectivity index (χ1v) is 7.19. The van der Waals surface area contributed by atoms with E-state index < -0.39 is 0 Å². The van der Waals surface area contributed by atoms with Crippen molar-refractivity contribution in [3.05, 3.63) is 22.4 Å². The van der Waals surface area contributed by atoms with Gasteiger partial charge in [0.1, 0.15) is 5.78 Å². The summed E-state index contributed by atoms with van der Waals surface area (Å²) in [6.45, 7) is 5.02. The van der Waals surface area contributed by atoms with Crippen LogP contribution in [0, 0.1) is 0 Å². The summed E-state index contributed by atoms with van der Waals surface area (Å²) in [4.78, 5) is 14.7. The third-order valence-electron chi connectivity index (χ3n) is 3.12. The first-order valence-electron chi connectivity index (χ1n) is 6.31. The highest BCUT2D eigenvalue weighted by Crippen LogP contribution is 2.13. The second-order valence-electron chi connectivity index (χ2n) is 4.77. The molecule has 1 aromatic rings. The van der Waals surface area contributed by atoms with Gasteiger partial charge in [-0.2, -0.15) is 0 Å². The van der Waals surface area contributed by atoms with Crippen molar-refractivity contribution in [2.75, 3.05) is 13.6 Å². The van der Waals surface area contributed by atoms with Crippen LogP contribution in [0.4, 0.5) is 0 Å². The standard InChI is InChI=1S/C14H23NOS/c1-12(11-14-8-6-10-17-14)15(3)9-5-4-7-13(2)16/h6,8,10,12H,4-5,7,9,11H2,1-3H3. The van der Waals surface area contributed by atoms with Crippen molar-refractivity contribution in [3.8, 4) is 0 Å². The van der Waals surface area contributed by atoms with E-state index in [1.54, 1.807) is 6.92 Å². The summed E-state index contributed by atoms with van der Waals surface area (Å²) in [5, 5.41) is 2.13. The Morgan fingerprint density at radius 3 is 2.82 bits per heavy atom. The van der Waals surface area contributed by atoms with E-state index in [9.17, 15) is 4.79 Å². The third-order valence-corrected chi connectivity index (χ3v) is 4.02. The van der Waals surface area contributed by atoms with Gasteiger partial charge in [-0.3, -0.25) is 0 Å². The molecule has 1 unspecified atom stereocenters. The number of likely N-dealkylation sites (N-methyl/N-ethyl adjacent to an activating group) is 1. The maximum atomic E-state index is 10.8. The molecule has 1 atom stereocenters. The number of unbranched alkanes of at least 4 members (excludes halogenated alkanes) is 1. The van der Waals surface area contributed by atoms with Gasteiger partial charge in [-0.25, -0.2) is 0 Å². The van der Waals surface area contributed by atoms with Crippen LogP contribution >= 0.6 is 11.3 Å². The smallest absolute Gasteiger partial charge is 0.129 e. The lowest BCUT2D eigenvalue weighted by atomic mass is 10.1. The zero-order chi connectivity index (χ0) is 12.7. The summed E-state index contributed by atoms with van der Waals surface area (Å²) in [7, 11) is 2.17. The Hall–Kier alpha value is -0.670. The maximum Gasteiger partial charge on any atom is 0.129 e. The summed E-state index contributed by atoms with van der Waals surface area (Å²) in [6.07, 6.45) is 3.99. The molecule has 0 aliphatic carbocycles. The summed E-state index contributed by atoms with van der Waals surface area (Å²) in [6, 6.07) is 4.88. The van der Waals surface area contributed by atoms with Gasteiger partial charge in [0.2, 0.25) is 0 Å². The SMILES string of the molecule is CC(=O)CCCCN(C)C(C)Cc1cccs1. The number of rotatable bonds is 8. The van der Waals surface area contributed by atoms with E-state index >= 15 is 0 Å². The Balaban J connectivity index is 2.18. The molecule has 1 heterocycles. The molecule has 0 spiro atoms. The fourth-order valence-corrected chi connectivity index (χ4v) is 2.66. The number of hydrogen-bond donors (Lipinski definition) is 0. The normalized spacial score (nSPS) is 12.9. The van der Waals surface area contributed by atoms with Gasteiger partial charge in [0.15, 0.2) is 0 Å². The van der Waals surface area contributed by atoms with Crippen LogP contribution in [0.3, 0.4) is 0 Å². The fraction of sp³-hybridized carbons (Fsp3) is 0.643. The number of ketones is 1. The Bertz CT molecular complexity index is 321. The molecule has 0 aliphatic heterocycles. The van der Waals surface area contributed by atoms with E-state index in [0.29, 0.717) is 11.8 Å².